The fourth-order valence-electron chi connectivity index (χ4n) is 1.63. The van der Waals surface area contributed by atoms with Crippen molar-refractivity contribution in [1.82, 2.24) is 10.6 Å². The van der Waals surface area contributed by atoms with Gasteiger partial charge in [0.05, 0.1) is 6.42 Å². The molecule has 1 rings (SSSR count). The molecule has 18 heavy (non-hydrogen) atoms. The maximum absolute atomic E-state index is 11.6. The molecule has 2 unspecified atom stereocenters. The van der Waals surface area contributed by atoms with Crippen molar-refractivity contribution in [2.75, 3.05) is 18.1 Å². The number of amides is 2. The lowest BCUT2D eigenvalue weighted by molar-refractivity contribution is -0.143. The molecule has 1 aliphatic heterocycles. The van der Waals surface area contributed by atoms with Crippen LogP contribution in [0, 0.1) is 0 Å². The summed E-state index contributed by atoms with van der Waals surface area (Å²) in [4.78, 5) is 33.1. The molecule has 0 spiro atoms. The Kier molecular flexibility index (Phi) is 5.93. The summed E-state index contributed by atoms with van der Waals surface area (Å²) in [6.45, 7) is 0.840. The van der Waals surface area contributed by atoms with Crippen LogP contribution in [-0.4, -0.2) is 53.0 Å². The molecule has 2 atom stereocenters. The van der Waals surface area contributed by atoms with Crippen molar-refractivity contribution in [3.63, 3.8) is 0 Å². The number of carboxylic acids is 1. The van der Waals surface area contributed by atoms with Crippen LogP contribution < -0.4 is 16.4 Å². The summed E-state index contributed by atoms with van der Waals surface area (Å²) in [5.41, 5.74) is 4.92. The highest BCUT2D eigenvalue weighted by atomic mass is 32.2. The monoisotopic (exact) mass is 275 g/mol. The second-order valence-electron chi connectivity index (χ2n) is 4.06. The number of thioether (sulfide) groups is 1. The molecule has 0 aliphatic carbocycles. The molecule has 102 valence electrons. The number of nitrogens with one attached hydrogen (secondary N) is 2. The van der Waals surface area contributed by atoms with E-state index in [1.807, 2.05) is 0 Å². The predicted octanol–water partition coefficient (Wildman–Crippen LogP) is -1.47. The zero-order valence-corrected chi connectivity index (χ0v) is 10.7. The van der Waals surface area contributed by atoms with Gasteiger partial charge in [-0.1, -0.05) is 0 Å². The van der Waals surface area contributed by atoms with Gasteiger partial charge in [-0.2, -0.15) is 11.8 Å². The van der Waals surface area contributed by atoms with E-state index in [1.54, 1.807) is 11.8 Å². The van der Waals surface area contributed by atoms with Crippen molar-refractivity contribution >= 4 is 29.5 Å². The topological polar surface area (TPSA) is 122 Å². The minimum atomic E-state index is -1.26. The van der Waals surface area contributed by atoms with Gasteiger partial charge < -0.3 is 21.5 Å². The lowest BCUT2D eigenvalue weighted by Crippen LogP contribution is -2.47. The lowest BCUT2D eigenvalue weighted by Gasteiger charge is -2.23. The highest BCUT2D eigenvalue weighted by Gasteiger charge is 2.24. The Morgan fingerprint density at radius 3 is 2.72 bits per heavy atom. The quantitative estimate of drug-likeness (QED) is 0.469. The Labute approximate surface area is 109 Å². The van der Waals surface area contributed by atoms with E-state index >= 15 is 0 Å². The van der Waals surface area contributed by atoms with Crippen molar-refractivity contribution in [2.45, 2.75) is 24.9 Å². The Bertz CT molecular complexity index is 331. The standard InChI is InChI=1S/C10H17N3O4S/c11-8(14)4-7(10(16)17)13-9(15)3-6-5-18-2-1-12-6/h6-7,12H,1-5H2,(H2,11,14)(H,13,15)(H,16,17). The van der Waals surface area contributed by atoms with Crippen molar-refractivity contribution in [3.05, 3.63) is 0 Å². The molecular weight excluding hydrogens is 258 g/mol. The van der Waals surface area contributed by atoms with E-state index in [-0.39, 0.29) is 18.4 Å². The van der Waals surface area contributed by atoms with E-state index in [9.17, 15) is 14.4 Å². The Hall–Kier alpha value is -1.28. The van der Waals surface area contributed by atoms with Gasteiger partial charge in [-0.15, -0.1) is 0 Å². The van der Waals surface area contributed by atoms with Crippen molar-refractivity contribution in [3.8, 4) is 0 Å². The van der Waals surface area contributed by atoms with E-state index in [0.29, 0.717) is 0 Å². The van der Waals surface area contributed by atoms with Crippen LogP contribution in [0.5, 0.6) is 0 Å². The van der Waals surface area contributed by atoms with Crippen LogP contribution in [0.3, 0.4) is 0 Å². The molecule has 1 saturated heterocycles. The highest BCUT2D eigenvalue weighted by molar-refractivity contribution is 7.99. The van der Waals surface area contributed by atoms with E-state index in [2.05, 4.69) is 10.6 Å². The zero-order valence-electron chi connectivity index (χ0n) is 9.85. The minimum absolute atomic E-state index is 0.0479. The first-order valence-corrected chi connectivity index (χ1v) is 6.76. The van der Waals surface area contributed by atoms with Gasteiger partial charge in [0.15, 0.2) is 0 Å². The summed E-state index contributed by atoms with van der Waals surface area (Å²) in [6, 6.07) is -1.20. The second-order valence-corrected chi connectivity index (χ2v) is 5.21. The molecule has 0 bridgehead atoms. The molecule has 0 radical (unpaired) electrons. The SMILES string of the molecule is NC(=O)CC(NC(=O)CC1CSCCN1)C(=O)O. The van der Waals surface area contributed by atoms with Gasteiger partial charge in [-0.05, 0) is 0 Å². The van der Waals surface area contributed by atoms with Crippen LogP contribution >= 0.6 is 11.8 Å². The van der Waals surface area contributed by atoms with Gasteiger partial charge >= 0.3 is 5.97 Å². The summed E-state index contributed by atoms with van der Waals surface area (Å²) in [5, 5.41) is 14.3. The number of carbonyl (C=O) groups is 3. The molecule has 0 aromatic rings. The number of nitrogens with two attached hydrogens (primary N) is 1. The number of primary amides is 1. The smallest absolute Gasteiger partial charge is 0.326 e. The predicted molar refractivity (Wildman–Crippen MR) is 67.1 cm³/mol. The highest BCUT2D eigenvalue weighted by Crippen LogP contribution is 2.10. The molecule has 8 heteroatoms. The van der Waals surface area contributed by atoms with Crippen LogP contribution in [0.2, 0.25) is 0 Å². The summed E-state index contributed by atoms with van der Waals surface area (Å²) >= 11 is 1.75. The van der Waals surface area contributed by atoms with Crippen LogP contribution in [0.1, 0.15) is 12.8 Å². The van der Waals surface area contributed by atoms with Gasteiger partial charge in [0.25, 0.3) is 0 Å². The fraction of sp³-hybridized carbons (Fsp3) is 0.700. The van der Waals surface area contributed by atoms with Crippen LogP contribution in [0.4, 0.5) is 0 Å². The molecular formula is C10H17N3O4S. The van der Waals surface area contributed by atoms with Gasteiger partial charge in [0, 0.05) is 30.5 Å². The number of hydrogen-bond donors (Lipinski definition) is 4. The van der Waals surface area contributed by atoms with E-state index in [0.717, 1.165) is 18.1 Å². The first kappa shape index (κ1) is 14.8. The average Bonchev–Trinajstić information content (AvgIpc) is 2.28. The fourth-order valence-corrected chi connectivity index (χ4v) is 2.58. The summed E-state index contributed by atoms with van der Waals surface area (Å²) in [7, 11) is 0. The Morgan fingerprint density at radius 2 is 2.22 bits per heavy atom. The van der Waals surface area contributed by atoms with E-state index in [1.165, 1.54) is 0 Å². The Morgan fingerprint density at radius 1 is 1.50 bits per heavy atom. The van der Waals surface area contributed by atoms with Gasteiger partial charge in [0.2, 0.25) is 11.8 Å². The summed E-state index contributed by atoms with van der Waals surface area (Å²) in [6.07, 6.45) is -0.191. The van der Waals surface area contributed by atoms with Crippen LogP contribution in [0.25, 0.3) is 0 Å². The third kappa shape index (κ3) is 5.37. The number of aliphatic carboxylic acids is 1. The first-order chi connectivity index (χ1) is 8.49. The molecule has 1 aliphatic rings. The van der Waals surface area contributed by atoms with Gasteiger partial charge in [-0.3, -0.25) is 9.59 Å². The maximum atomic E-state index is 11.6. The van der Waals surface area contributed by atoms with Gasteiger partial charge in [0.1, 0.15) is 6.04 Å². The van der Waals surface area contributed by atoms with Crippen molar-refractivity contribution < 1.29 is 19.5 Å². The molecule has 2 amide bonds. The lowest BCUT2D eigenvalue weighted by atomic mass is 10.1. The van der Waals surface area contributed by atoms with E-state index in [4.69, 9.17) is 10.8 Å². The largest absolute Gasteiger partial charge is 0.480 e. The van der Waals surface area contributed by atoms with E-state index < -0.39 is 24.3 Å². The van der Waals surface area contributed by atoms with Crippen LogP contribution in [-0.2, 0) is 14.4 Å². The maximum Gasteiger partial charge on any atom is 0.326 e. The number of rotatable bonds is 6. The van der Waals surface area contributed by atoms with Crippen molar-refractivity contribution in [1.29, 1.82) is 0 Å². The summed E-state index contributed by atoms with van der Waals surface area (Å²) < 4.78 is 0. The average molecular weight is 275 g/mol. The molecule has 0 saturated carbocycles. The minimum Gasteiger partial charge on any atom is -0.480 e. The van der Waals surface area contributed by atoms with Gasteiger partial charge in [-0.25, -0.2) is 4.79 Å². The van der Waals surface area contributed by atoms with Crippen molar-refractivity contribution in [2.24, 2.45) is 5.73 Å². The normalized spacial score (nSPS) is 21.0. The molecule has 1 fully saturated rings. The third-order valence-electron chi connectivity index (χ3n) is 2.47. The molecule has 1 heterocycles. The molecule has 0 aromatic heterocycles. The third-order valence-corrected chi connectivity index (χ3v) is 3.60. The molecule has 7 nitrogen and oxygen atoms in total. The molecule has 5 N–H and O–H groups in total. The number of hydrogen-bond acceptors (Lipinski definition) is 5. The molecule has 0 aromatic carbocycles. The zero-order chi connectivity index (χ0) is 13.5. The summed E-state index contributed by atoms with van der Waals surface area (Å²) in [5.74, 6) is -0.566. The first-order valence-electron chi connectivity index (χ1n) is 5.60. The van der Waals surface area contributed by atoms with Crippen LogP contribution in [0.15, 0.2) is 0 Å². The second kappa shape index (κ2) is 7.22. The Balaban J connectivity index is 2.40. The number of carboxylic acid groups (broad SMARTS) is 1. The number of carbonyl (C=O) groups excluding carboxylic acids is 2.